The van der Waals surface area contributed by atoms with Crippen molar-refractivity contribution in [3.8, 4) is 0 Å². The number of hydrogen-bond donors (Lipinski definition) is 3. The fourth-order valence-corrected chi connectivity index (χ4v) is 2.42. The van der Waals surface area contributed by atoms with Crippen LogP contribution in [-0.4, -0.2) is 53.1 Å². The SMILES string of the molecule is CC(N)(C(=O)N1CCC2(CC1)NC(=O)NC2=O)C(F)(F)F. The molecule has 1 atom stereocenters. The predicted molar refractivity (Wildman–Crippen MR) is 63.9 cm³/mol. The summed E-state index contributed by atoms with van der Waals surface area (Å²) in [6.07, 6.45) is -4.77. The Kier molecular flexibility index (Phi) is 3.39. The van der Waals surface area contributed by atoms with Crippen molar-refractivity contribution in [2.45, 2.75) is 37.0 Å². The van der Waals surface area contributed by atoms with Gasteiger partial charge < -0.3 is 16.0 Å². The number of alkyl halides is 3. The van der Waals surface area contributed by atoms with Crippen LogP contribution in [0.4, 0.5) is 18.0 Å². The Labute approximate surface area is 118 Å². The maximum absolute atomic E-state index is 12.8. The van der Waals surface area contributed by atoms with E-state index >= 15 is 0 Å². The van der Waals surface area contributed by atoms with E-state index in [1.165, 1.54) is 0 Å². The van der Waals surface area contributed by atoms with Crippen molar-refractivity contribution in [2.75, 3.05) is 13.1 Å². The molecule has 7 nitrogen and oxygen atoms in total. The van der Waals surface area contributed by atoms with Gasteiger partial charge >= 0.3 is 12.2 Å². The van der Waals surface area contributed by atoms with Gasteiger partial charge in [-0.05, 0) is 19.8 Å². The summed E-state index contributed by atoms with van der Waals surface area (Å²) in [4.78, 5) is 35.7. The number of amides is 4. The zero-order valence-corrected chi connectivity index (χ0v) is 11.2. The fourth-order valence-electron chi connectivity index (χ4n) is 2.42. The standard InChI is InChI=1S/C11H15F3N4O3/c1-9(15,11(12,13)14)7(20)18-4-2-10(3-5-18)6(19)16-8(21)17-10/h2-5,15H2,1H3,(H2,16,17,19,21). The number of urea groups is 1. The number of piperidine rings is 1. The van der Waals surface area contributed by atoms with Crippen LogP contribution in [0.15, 0.2) is 0 Å². The lowest BCUT2D eigenvalue weighted by atomic mass is 9.86. The molecule has 4 amide bonds. The van der Waals surface area contributed by atoms with E-state index in [1.54, 1.807) is 0 Å². The van der Waals surface area contributed by atoms with Crippen LogP contribution in [0, 0.1) is 0 Å². The average Bonchev–Trinajstić information content (AvgIpc) is 2.63. The highest BCUT2D eigenvalue weighted by Crippen LogP contribution is 2.32. The van der Waals surface area contributed by atoms with E-state index in [4.69, 9.17) is 5.73 Å². The van der Waals surface area contributed by atoms with Gasteiger partial charge in [0.15, 0.2) is 5.54 Å². The highest BCUT2D eigenvalue weighted by molar-refractivity contribution is 6.07. The number of rotatable bonds is 1. The Bertz CT molecular complexity index is 495. The molecule has 2 saturated heterocycles. The van der Waals surface area contributed by atoms with Gasteiger partial charge in [0, 0.05) is 13.1 Å². The number of carbonyl (C=O) groups is 3. The van der Waals surface area contributed by atoms with Gasteiger partial charge in [0.2, 0.25) is 0 Å². The second-order valence-corrected chi connectivity index (χ2v) is 5.48. The number of halogens is 3. The van der Waals surface area contributed by atoms with Gasteiger partial charge in [0.1, 0.15) is 5.54 Å². The van der Waals surface area contributed by atoms with Crippen LogP contribution in [0.1, 0.15) is 19.8 Å². The smallest absolute Gasteiger partial charge is 0.341 e. The lowest BCUT2D eigenvalue weighted by Crippen LogP contribution is -2.65. The van der Waals surface area contributed by atoms with Crippen molar-refractivity contribution >= 4 is 17.8 Å². The summed E-state index contributed by atoms with van der Waals surface area (Å²) in [6.45, 7) is 0.439. The monoisotopic (exact) mass is 308 g/mol. The number of likely N-dealkylation sites (tertiary alicyclic amines) is 1. The first-order valence-electron chi connectivity index (χ1n) is 6.28. The number of nitrogens with two attached hydrogens (primary N) is 1. The predicted octanol–water partition coefficient (Wildman–Crippen LogP) is -0.533. The summed E-state index contributed by atoms with van der Waals surface area (Å²) in [5.74, 6) is -1.76. The van der Waals surface area contributed by atoms with Crippen LogP contribution in [0.5, 0.6) is 0 Å². The van der Waals surface area contributed by atoms with Gasteiger partial charge in [-0.3, -0.25) is 14.9 Å². The molecule has 0 aromatic carbocycles. The lowest BCUT2D eigenvalue weighted by molar-refractivity contribution is -0.194. The van der Waals surface area contributed by atoms with Gasteiger partial charge in [-0.2, -0.15) is 13.2 Å². The highest BCUT2D eigenvalue weighted by Gasteiger charge is 2.57. The molecule has 2 aliphatic rings. The minimum atomic E-state index is -4.86. The van der Waals surface area contributed by atoms with Crippen molar-refractivity contribution in [3.05, 3.63) is 0 Å². The number of nitrogens with zero attached hydrogens (tertiary/aromatic N) is 1. The van der Waals surface area contributed by atoms with Gasteiger partial charge in [-0.1, -0.05) is 0 Å². The molecule has 0 aromatic heterocycles. The molecule has 2 fully saturated rings. The van der Waals surface area contributed by atoms with E-state index in [-0.39, 0.29) is 25.9 Å². The third kappa shape index (κ3) is 2.43. The third-order valence-corrected chi connectivity index (χ3v) is 3.95. The zero-order chi connectivity index (χ0) is 16.1. The summed E-state index contributed by atoms with van der Waals surface area (Å²) in [7, 11) is 0. The van der Waals surface area contributed by atoms with E-state index in [0.717, 1.165) is 4.90 Å². The average molecular weight is 308 g/mol. The number of nitrogens with one attached hydrogen (secondary N) is 2. The molecule has 0 radical (unpaired) electrons. The molecule has 118 valence electrons. The summed E-state index contributed by atoms with van der Waals surface area (Å²) in [5.41, 5.74) is 0.982. The molecular formula is C11H15F3N4O3. The van der Waals surface area contributed by atoms with Crippen molar-refractivity contribution in [1.82, 2.24) is 15.5 Å². The lowest BCUT2D eigenvalue weighted by Gasteiger charge is -2.40. The van der Waals surface area contributed by atoms with E-state index in [1.807, 2.05) is 0 Å². The molecule has 0 aliphatic carbocycles. The quantitative estimate of drug-likeness (QED) is 0.566. The summed E-state index contributed by atoms with van der Waals surface area (Å²) >= 11 is 0. The second kappa shape index (κ2) is 4.58. The Hall–Kier alpha value is -1.84. The van der Waals surface area contributed by atoms with E-state index in [9.17, 15) is 27.6 Å². The first-order valence-corrected chi connectivity index (χ1v) is 6.28. The normalized spacial score (nSPS) is 24.5. The fraction of sp³-hybridized carbons (Fsp3) is 0.727. The summed E-state index contributed by atoms with van der Waals surface area (Å²) in [5, 5.41) is 4.54. The molecule has 0 aromatic rings. The van der Waals surface area contributed by atoms with Crippen molar-refractivity contribution in [2.24, 2.45) is 5.73 Å². The molecule has 2 aliphatic heterocycles. The van der Waals surface area contributed by atoms with Gasteiger partial charge in [-0.25, -0.2) is 4.79 Å². The van der Waals surface area contributed by atoms with Gasteiger partial charge in [0.25, 0.3) is 11.8 Å². The first kappa shape index (κ1) is 15.5. The van der Waals surface area contributed by atoms with Crippen molar-refractivity contribution in [3.63, 3.8) is 0 Å². The molecule has 2 rings (SSSR count). The largest absolute Gasteiger partial charge is 0.415 e. The number of hydrogen-bond acceptors (Lipinski definition) is 4. The minimum Gasteiger partial charge on any atom is -0.341 e. The summed E-state index contributed by atoms with van der Waals surface area (Å²) in [6, 6.07) is -0.640. The molecule has 4 N–H and O–H groups in total. The van der Waals surface area contributed by atoms with E-state index in [2.05, 4.69) is 10.6 Å². The van der Waals surface area contributed by atoms with Crippen LogP contribution >= 0.6 is 0 Å². The topological polar surface area (TPSA) is 105 Å². The maximum Gasteiger partial charge on any atom is 0.415 e. The first-order chi connectivity index (χ1) is 9.49. The molecule has 10 heteroatoms. The van der Waals surface area contributed by atoms with Gasteiger partial charge in [-0.15, -0.1) is 0 Å². The summed E-state index contributed by atoms with van der Waals surface area (Å²) < 4.78 is 38.3. The van der Waals surface area contributed by atoms with E-state index < -0.39 is 35.1 Å². The van der Waals surface area contributed by atoms with Crippen molar-refractivity contribution < 1.29 is 27.6 Å². The van der Waals surface area contributed by atoms with E-state index in [0.29, 0.717) is 6.92 Å². The zero-order valence-electron chi connectivity index (χ0n) is 11.2. The second-order valence-electron chi connectivity index (χ2n) is 5.48. The van der Waals surface area contributed by atoms with Crippen LogP contribution in [0.3, 0.4) is 0 Å². The highest BCUT2D eigenvalue weighted by atomic mass is 19.4. The van der Waals surface area contributed by atoms with Crippen LogP contribution < -0.4 is 16.4 Å². The Morgan fingerprint density at radius 1 is 1.29 bits per heavy atom. The van der Waals surface area contributed by atoms with Crippen LogP contribution in [0.2, 0.25) is 0 Å². The minimum absolute atomic E-state index is 0.0459. The number of carbonyl (C=O) groups excluding carboxylic acids is 3. The third-order valence-electron chi connectivity index (χ3n) is 3.95. The molecule has 0 saturated carbocycles. The Morgan fingerprint density at radius 3 is 2.19 bits per heavy atom. The molecule has 0 bridgehead atoms. The van der Waals surface area contributed by atoms with Crippen LogP contribution in [0.25, 0.3) is 0 Å². The number of imide groups is 1. The molecule has 1 spiro atoms. The molecule has 21 heavy (non-hydrogen) atoms. The van der Waals surface area contributed by atoms with Gasteiger partial charge in [0.05, 0.1) is 0 Å². The molecular weight excluding hydrogens is 293 g/mol. The van der Waals surface area contributed by atoms with Crippen molar-refractivity contribution in [1.29, 1.82) is 0 Å². The Morgan fingerprint density at radius 2 is 1.81 bits per heavy atom. The Balaban J connectivity index is 2.07. The molecule has 1 unspecified atom stereocenters. The maximum atomic E-state index is 12.8. The molecule has 2 heterocycles. The van der Waals surface area contributed by atoms with Crippen LogP contribution in [-0.2, 0) is 9.59 Å².